The quantitative estimate of drug-likeness (QED) is 0.681. The summed E-state index contributed by atoms with van der Waals surface area (Å²) in [6.07, 6.45) is 5.91. The number of hydrogen-bond donors (Lipinski definition) is 2. The van der Waals surface area contributed by atoms with E-state index in [4.69, 9.17) is 4.74 Å². The standard InChI is InChI=1S/C17H26N4O3S/c1-24-10-6-18-15(23)17(20-16-19-7-11-25-16)4-8-21(9-5-17)14(22)12-13-2-3-13/h7,11,13H,2-6,8-10,12H2,1H3,(H,18,23)(H,19,20). The Morgan fingerprint density at radius 2 is 2.16 bits per heavy atom. The van der Waals surface area contributed by atoms with Crippen molar-refractivity contribution in [3.05, 3.63) is 11.6 Å². The van der Waals surface area contributed by atoms with Gasteiger partial charge in [0.15, 0.2) is 5.13 Å². The molecule has 1 saturated heterocycles. The van der Waals surface area contributed by atoms with E-state index in [9.17, 15) is 9.59 Å². The van der Waals surface area contributed by atoms with Gasteiger partial charge in [-0.3, -0.25) is 9.59 Å². The SMILES string of the molecule is COCCNC(=O)C1(Nc2nccs2)CCN(C(=O)CC2CC2)CC1. The first-order chi connectivity index (χ1) is 12.1. The van der Waals surface area contributed by atoms with Crippen LogP contribution >= 0.6 is 11.3 Å². The molecule has 2 fully saturated rings. The maximum Gasteiger partial charge on any atom is 0.245 e. The predicted molar refractivity (Wildman–Crippen MR) is 96.5 cm³/mol. The number of thiazole rings is 1. The highest BCUT2D eigenvalue weighted by Crippen LogP contribution is 2.34. The molecule has 7 nitrogen and oxygen atoms in total. The van der Waals surface area contributed by atoms with Crippen molar-refractivity contribution in [2.24, 2.45) is 5.92 Å². The monoisotopic (exact) mass is 366 g/mol. The molecular formula is C17H26N4O3S. The largest absolute Gasteiger partial charge is 0.383 e. The zero-order valence-corrected chi connectivity index (χ0v) is 15.4. The minimum absolute atomic E-state index is 0.0472. The highest BCUT2D eigenvalue weighted by atomic mass is 32.1. The second-order valence-corrected chi connectivity index (χ2v) is 7.72. The van der Waals surface area contributed by atoms with Crippen molar-refractivity contribution in [3.8, 4) is 0 Å². The van der Waals surface area contributed by atoms with E-state index in [2.05, 4.69) is 15.6 Å². The van der Waals surface area contributed by atoms with Crippen LogP contribution in [-0.4, -0.2) is 60.6 Å². The molecule has 0 bridgehead atoms. The summed E-state index contributed by atoms with van der Waals surface area (Å²) in [7, 11) is 1.61. The van der Waals surface area contributed by atoms with Crippen LogP contribution < -0.4 is 10.6 Å². The number of anilines is 1. The molecule has 0 aromatic carbocycles. The first kappa shape index (κ1) is 18.1. The summed E-state index contributed by atoms with van der Waals surface area (Å²) in [5.41, 5.74) is -0.720. The van der Waals surface area contributed by atoms with Crippen LogP contribution in [0.5, 0.6) is 0 Å². The van der Waals surface area contributed by atoms with Crippen LogP contribution in [0.4, 0.5) is 5.13 Å². The van der Waals surface area contributed by atoms with E-state index in [-0.39, 0.29) is 11.8 Å². The van der Waals surface area contributed by atoms with Gasteiger partial charge < -0.3 is 20.3 Å². The topological polar surface area (TPSA) is 83.6 Å². The number of nitrogens with zero attached hydrogens (tertiary/aromatic N) is 2. The molecule has 1 saturated carbocycles. The zero-order valence-electron chi connectivity index (χ0n) is 14.6. The third-order valence-corrected chi connectivity index (χ3v) is 5.62. The molecule has 0 radical (unpaired) electrons. The molecule has 0 unspecified atom stereocenters. The van der Waals surface area contributed by atoms with Gasteiger partial charge in [-0.05, 0) is 31.6 Å². The van der Waals surface area contributed by atoms with Crippen molar-refractivity contribution in [2.75, 3.05) is 38.7 Å². The maximum absolute atomic E-state index is 12.8. The van der Waals surface area contributed by atoms with E-state index in [0.717, 1.165) is 5.13 Å². The summed E-state index contributed by atoms with van der Waals surface area (Å²) < 4.78 is 5.01. The predicted octanol–water partition coefficient (Wildman–Crippen LogP) is 1.48. The molecule has 1 aromatic rings. The molecule has 1 aliphatic carbocycles. The Morgan fingerprint density at radius 3 is 2.76 bits per heavy atom. The normalized spacial score (nSPS) is 19.5. The van der Waals surface area contributed by atoms with Crippen molar-refractivity contribution in [1.29, 1.82) is 0 Å². The van der Waals surface area contributed by atoms with Crippen LogP contribution in [0.1, 0.15) is 32.1 Å². The molecule has 2 heterocycles. The molecule has 0 atom stereocenters. The van der Waals surface area contributed by atoms with Crippen molar-refractivity contribution in [1.82, 2.24) is 15.2 Å². The summed E-state index contributed by atoms with van der Waals surface area (Å²) >= 11 is 1.48. The van der Waals surface area contributed by atoms with Crippen molar-refractivity contribution in [3.63, 3.8) is 0 Å². The number of aromatic nitrogens is 1. The third-order valence-electron chi connectivity index (χ3n) is 4.93. The van der Waals surface area contributed by atoms with Gasteiger partial charge in [0.25, 0.3) is 0 Å². The summed E-state index contributed by atoms with van der Waals surface area (Å²) in [5, 5.41) is 8.89. The van der Waals surface area contributed by atoms with Gasteiger partial charge in [-0.1, -0.05) is 0 Å². The number of amides is 2. The van der Waals surface area contributed by atoms with Gasteiger partial charge in [-0.2, -0.15) is 0 Å². The van der Waals surface area contributed by atoms with E-state index < -0.39 is 5.54 Å². The fraction of sp³-hybridized carbons (Fsp3) is 0.706. The number of nitrogens with one attached hydrogen (secondary N) is 2. The highest BCUT2D eigenvalue weighted by molar-refractivity contribution is 7.13. The van der Waals surface area contributed by atoms with Gasteiger partial charge in [0, 0.05) is 44.7 Å². The smallest absolute Gasteiger partial charge is 0.245 e. The zero-order chi connectivity index (χ0) is 17.7. The van der Waals surface area contributed by atoms with Crippen LogP contribution in [0, 0.1) is 5.92 Å². The maximum atomic E-state index is 12.8. The average Bonchev–Trinajstić information content (AvgIpc) is 3.28. The van der Waals surface area contributed by atoms with Crippen molar-refractivity contribution in [2.45, 2.75) is 37.6 Å². The third kappa shape index (κ3) is 4.70. The number of carbonyl (C=O) groups excluding carboxylic acids is 2. The van der Waals surface area contributed by atoms with Gasteiger partial charge in [0.2, 0.25) is 11.8 Å². The second kappa shape index (κ2) is 8.14. The fourth-order valence-electron chi connectivity index (χ4n) is 3.17. The molecule has 138 valence electrons. The van der Waals surface area contributed by atoms with E-state index in [1.54, 1.807) is 13.3 Å². The highest BCUT2D eigenvalue weighted by Gasteiger charge is 2.43. The molecule has 8 heteroatoms. The Balaban J connectivity index is 1.63. The lowest BCUT2D eigenvalue weighted by Gasteiger charge is -2.41. The fourth-order valence-corrected chi connectivity index (χ4v) is 3.80. The second-order valence-electron chi connectivity index (χ2n) is 6.82. The van der Waals surface area contributed by atoms with Crippen LogP contribution in [0.25, 0.3) is 0 Å². The van der Waals surface area contributed by atoms with E-state index >= 15 is 0 Å². The molecular weight excluding hydrogens is 340 g/mol. The number of likely N-dealkylation sites (tertiary alicyclic amines) is 1. The first-order valence-corrected chi connectivity index (χ1v) is 9.73. The Morgan fingerprint density at radius 1 is 1.40 bits per heavy atom. The lowest BCUT2D eigenvalue weighted by Crippen LogP contribution is -2.59. The molecule has 3 rings (SSSR count). The van der Waals surface area contributed by atoms with Crippen molar-refractivity contribution >= 4 is 28.3 Å². The first-order valence-electron chi connectivity index (χ1n) is 8.86. The van der Waals surface area contributed by atoms with E-state index in [1.165, 1.54) is 24.2 Å². The lowest BCUT2D eigenvalue weighted by atomic mass is 9.86. The van der Waals surface area contributed by atoms with E-state index in [0.29, 0.717) is 51.4 Å². The molecule has 0 spiro atoms. The molecule has 2 amide bonds. The molecule has 25 heavy (non-hydrogen) atoms. The van der Waals surface area contributed by atoms with Crippen LogP contribution in [0.3, 0.4) is 0 Å². The van der Waals surface area contributed by atoms with Gasteiger partial charge in [0.1, 0.15) is 5.54 Å². The Kier molecular flexibility index (Phi) is 5.90. The Labute approximate surface area is 152 Å². The van der Waals surface area contributed by atoms with Crippen LogP contribution in [0.2, 0.25) is 0 Å². The molecule has 2 N–H and O–H groups in total. The van der Waals surface area contributed by atoms with Gasteiger partial charge in [0.05, 0.1) is 6.61 Å². The van der Waals surface area contributed by atoms with Crippen molar-refractivity contribution < 1.29 is 14.3 Å². The Bertz CT molecular complexity index is 581. The summed E-state index contributed by atoms with van der Waals surface area (Å²) in [6.45, 7) is 2.15. The van der Waals surface area contributed by atoms with Gasteiger partial charge in [-0.25, -0.2) is 4.98 Å². The Hall–Kier alpha value is -1.67. The van der Waals surface area contributed by atoms with Crippen LogP contribution in [-0.2, 0) is 14.3 Å². The number of hydrogen-bond acceptors (Lipinski definition) is 6. The van der Waals surface area contributed by atoms with Gasteiger partial charge >= 0.3 is 0 Å². The number of ether oxygens (including phenoxy) is 1. The molecule has 1 aromatic heterocycles. The lowest BCUT2D eigenvalue weighted by molar-refractivity contribution is -0.136. The van der Waals surface area contributed by atoms with Gasteiger partial charge in [-0.15, -0.1) is 11.3 Å². The minimum atomic E-state index is -0.720. The number of piperidine rings is 1. The van der Waals surface area contributed by atoms with Crippen LogP contribution in [0.15, 0.2) is 11.6 Å². The van der Waals surface area contributed by atoms with E-state index in [1.807, 2.05) is 10.3 Å². The summed E-state index contributed by atoms with van der Waals surface area (Å²) in [5.74, 6) is 0.768. The average molecular weight is 366 g/mol. The number of methoxy groups -OCH3 is 1. The number of carbonyl (C=O) groups is 2. The minimum Gasteiger partial charge on any atom is -0.383 e. The molecule has 2 aliphatic rings. The summed E-state index contributed by atoms with van der Waals surface area (Å²) in [6, 6.07) is 0. The number of rotatable bonds is 8. The molecule has 1 aliphatic heterocycles. The summed E-state index contributed by atoms with van der Waals surface area (Å²) in [4.78, 5) is 31.3.